The zero-order chi connectivity index (χ0) is 15.8. The number of anilines is 1. The van der Waals surface area contributed by atoms with Crippen molar-refractivity contribution in [3.63, 3.8) is 0 Å². The minimum Gasteiger partial charge on any atom is -0.473 e. The van der Waals surface area contributed by atoms with Crippen LogP contribution in [-0.2, 0) is 0 Å². The Morgan fingerprint density at radius 2 is 1.78 bits per heavy atom. The van der Waals surface area contributed by atoms with Gasteiger partial charge in [0.2, 0.25) is 5.82 Å². The molecule has 1 amide bonds. The summed E-state index contributed by atoms with van der Waals surface area (Å²) in [5.41, 5.74) is 1.66. The number of rotatable bonds is 3. The Morgan fingerprint density at radius 3 is 2.52 bits per heavy atom. The zero-order valence-corrected chi connectivity index (χ0v) is 13.4. The first-order valence-electron chi connectivity index (χ1n) is 6.57. The molecular formula is C14H9N5O2S2. The van der Waals surface area contributed by atoms with Crippen LogP contribution < -0.4 is 10.1 Å². The quantitative estimate of drug-likeness (QED) is 0.615. The summed E-state index contributed by atoms with van der Waals surface area (Å²) in [6.07, 6.45) is 3.04. The van der Waals surface area contributed by atoms with Gasteiger partial charge < -0.3 is 4.74 Å². The molecule has 0 aliphatic carbocycles. The monoisotopic (exact) mass is 343 g/mol. The Morgan fingerprint density at radius 1 is 1.09 bits per heavy atom. The summed E-state index contributed by atoms with van der Waals surface area (Å²) in [4.78, 5) is 28.7. The molecule has 114 valence electrons. The van der Waals surface area contributed by atoms with E-state index in [0.717, 1.165) is 20.4 Å². The molecule has 0 radical (unpaired) electrons. The van der Waals surface area contributed by atoms with E-state index in [9.17, 15) is 4.79 Å². The molecule has 0 saturated carbocycles. The van der Waals surface area contributed by atoms with Gasteiger partial charge in [0.25, 0.3) is 11.1 Å². The first-order valence-corrected chi connectivity index (χ1v) is 8.20. The van der Waals surface area contributed by atoms with E-state index in [1.165, 1.54) is 35.1 Å². The van der Waals surface area contributed by atoms with Gasteiger partial charge in [-0.1, -0.05) is 22.7 Å². The lowest BCUT2D eigenvalue weighted by Gasteiger charge is -1.98. The van der Waals surface area contributed by atoms with Crippen LogP contribution in [0, 0.1) is 0 Å². The van der Waals surface area contributed by atoms with Crippen molar-refractivity contribution in [2.45, 2.75) is 0 Å². The maximum atomic E-state index is 12.1. The van der Waals surface area contributed by atoms with Crippen molar-refractivity contribution < 1.29 is 9.53 Å². The van der Waals surface area contributed by atoms with E-state index in [-0.39, 0.29) is 11.7 Å². The number of benzene rings is 1. The third-order valence-electron chi connectivity index (χ3n) is 3.06. The van der Waals surface area contributed by atoms with E-state index in [1.807, 2.05) is 12.1 Å². The number of hydrogen-bond donors (Lipinski definition) is 1. The average molecular weight is 343 g/mol. The van der Waals surface area contributed by atoms with Crippen molar-refractivity contribution in [3.05, 3.63) is 36.4 Å². The summed E-state index contributed by atoms with van der Waals surface area (Å²) >= 11 is 2.84. The predicted octanol–water partition coefficient (Wildman–Crippen LogP) is 2.96. The SMILES string of the molecule is COc1nc2ccc3nc(NC(=O)c4ncccn4)sc3c2s1. The summed E-state index contributed by atoms with van der Waals surface area (Å²) in [5, 5.41) is 3.83. The fraction of sp³-hybridized carbons (Fsp3) is 0.0714. The third-order valence-corrected chi connectivity index (χ3v) is 5.24. The number of nitrogens with one attached hydrogen (secondary N) is 1. The number of aromatic nitrogens is 4. The lowest BCUT2D eigenvalue weighted by Crippen LogP contribution is -2.14. The topological polar surface area (TPSA) is 89.9 Å². The van der Waals surface area contributed by atoms with Gasteiger partial charge in [-0.25, -0.2) is 19.9 Å². The molecule has 0 saturated heterocycles. The van der Waals surface area contributed by atoms with E-state index in [0.29, 0.717) is 10.3 Å². The molecule has 4 rings (SSSR count). The minimum atomic E-state index is -0.386. The number of carbonyl (C=O) groups excluding carboxylic acids is 1. The third kappa shape index (κ3) is 2.49. The Labute approximate surface area is 138 Å². The van der Waals surface area contributed by atoms with E-state index < -0.39 is 0 Å². The fourth-order valence-electron chi connectivity index (χ4n) is 2.06. The molecule has 23 heavy (non-hydrogen) atoms. The first-order chi connectivity index (χ1) is 11.2. The second-order valence-electron chi connectivity index (χ2n) is 4.49. The predicted molar refractivity (Wildman–Crippen MR) is 89.3 cm³/mol. The number of hydrogen-bond acceptors (Lipinski definition) is 8. The molecule has 4 aromatic rings. The summed E-state index contributed by atoms with van der Waals surface area (Å²) in [7, 11) is 1.59. The smallest absolute Gasteiger partial charge is 0.295 e. The summed E-state index contributed by atoms with van der Waals surface area (Å²) in [6, 6.07) is 5.42. The number of thiazole rings is 2. The van der Waals surface area contributed by atoms with Crippen LogP contribution in [0.3, 0.4) is 0 Å². The van der Waals surface area contributed by atoms with Crippen molar-refractivity contribution >= 4 is 54.1 Å². The van der Waals surface area contributed by atoms with Gasteiger partial charge in [0.05, 0.1) is 27.5 Å². The molecule has 3 aromatic heterocycles. The molecule has 7 nitrogen and oxygen atoms in total. The summed E-state index contributed by atoms with van der Waals surface area (Å²) in [6.45, 7) is 0. The number of carbonyl (C=O) groups is 1. The Hall–Kier alpha value is -2.65. The lowest BCUT2D eigenvalue weighted by atomic mass is 10.3. The second-order valence-corrected chi connectivity index (χ2v) is 6.45. The van der Waals surface area contributed by atoms with Crippen LogP contribution in [0.25, 0.3) is 20.4 Å². The van der Waals surface area contributed by atoms with E-state index >= 15 is 0 Å². The fourth-order valence-corrected chi connectivity index (χ4v) is 4.03. The van der Waals surface area contributed by atoms with Crippen molar-refractivity contribution in [1.29, 1.82) is 0 Å². The van der Waals surface area contributed by atoms with Gasteiger partial charge in [0, 0.05) is 12.4 Å². The number of fused-ring (bicyclic) bond motifs is 3. The number of nitrogens with zero attached hydrogens (tertiary/aromatic N) is 4. The van der Waals surface area contributed by atoms with Crippen molar-refractivity contribution in [1.82, 2.24) is 19.9 Å². The van der Waals surface area contributed by atoms with Gasteiger partial charge in [0.1, 0.15) is 0 Å². The highest BCUT2D eigenvalue weighted by Gasteiger charge is 2.15. The molecule has 0 spiro atoms. The minimum absolute atomic E-state index is 0.108. The largest absolute Gasteiger partial charge is 0.473 e. The van der Waals surface area contributed by atoms with Crippen LogP contribution in [-0.4, -0.2) is 33.0 Å². The number of ether oxygens (including phenoxy) is 1. The maximum Gasteiger partial charge on any atom is 0.295 e. The lowest BCUT2D eigenvalue weighted by molar-refractivity contribution is 0.101. The molecular weight excluding hydrogens is 334 g/mol. The van der Waals surface area contributed by atoms with Gasteiger partial charge in [-0.3, -0.25) is 10.1 Å². The van der Waals surface area contributed by atoms with Crippen LogP contribution in [0.5, 0.6) is 5.19 Å². The number of methoxy groups -OCH3 is 1. The molecule has 0 aliphatic rings. The highest BCUT2D eigenvalue weighted by atomic mass is 32.1. The van der Waals surface area contributed by atoms with Crippen LogP contribution >= 0.6 is 22.7 Å². The second kappa shape index (κ2) is 5.52. The molecule has 0 aliphatic heterocycles. The Bertz CT molecular complexity index is 1010. The van der Waals surface area contributed by atoms with Crippen molar-refractivity contribution in [2.75, 3.05) is 12.4 Å². The first kappa shape index (κ1) is 14.0. The number of amides is 1. The van der Waals surface area contributed by atoms with Gasteiger partial charge in [-0.2, -0.15) is 0 Å². The molecule has 0 bridgehead atoms. The van der Waals surface area contributed by atoms with Crippen molar-refractivity contribution in [3.8, 4) is 5.19 Å². The molecule has 9 heteroatoms. The van der Waals surface area contributed by atoms with Gasteiger partial charge in [0.15, 0.2) is 5.13 Å². The highest BCUT2D eigenvalue weighted by Crippen LogP contribution is 2.38. The average Bonchev–Trinajstić information content (AvgIpc) is 3.18. The standard InChI is InChI=1S/C14H9N5O2S2/c1-21-14-18-8-4-3-7-9(10(8)23-14)22-13(17-7)19-12(20)11-15-5-2-6-16-11/h2-6H,1H3,(H,17,19,20). The van der Waals surface area contributed by atoms with Crippen LogP contribution in [0.1, 0.15) is 10.6 Å². The summed E-state index contributed by atoms with van der Waals surface area (Å²) < 4.78 is 7.14. The van der Waals surface area contributed by atoms with E-state index in [2.05, 4.69) is 25.3 Å². The van der Waals surface area contributed by atoms with Gasteiger partial charge in [-0.15, -0.1) is 0 Å². The molecule has 1 N–H and O–H groups in total. The van der Waals surface area contributed by atoms with Crippen LogP contribution in [0.4, 0.5) is 5.13 Å². The molecule has 0 fully saturated rings. The molecule has 0 unspecified atom stereocenters. The van der Waals surface area contributed by atoms with E-state index in [1.54, 1.807) is 13.2 Å². The molecule has 1 aromatic carbocycles. The van der Waals surface area contributed by atoms with Crippen LogP contribution in [0.15, 0.2) is 30.6 Å². The zero-order valence-electron chi connectivity index (χ0n) is 11.8. The Balaban J connectivity index is 1.72. The molecule has 0 atom stereocenters. The highest BCUT2D eigenvalue weighted by molar-refractivity contribution is 7.29. The van der Waals surface area contributed by atoms with Gasteiger partial charge >= 0.3 is 0 Å². The normalized spacial score (nSPS) is 11.0. The Kier molecular flexibility index (Phi) is 3.36. The van der Waals surface area contributed by atoms with Gasteiger partial charge in [-0.05, 0) is 18.2 Å². The van der Waals surface area contributed by atoms with E-state index in [4.69, 9.17) is 4.74 Å². The van der Waals surface area contributed by atoms with Crippen molar-refractivity contribution in [2.24, 2.45) is 0 Å². The summed E-state index contributed by atoms with van der Waals surface area (Å²) in [5.74, 6) is -0.279. The van der Waals surface area contributed by atoms with Crippen LogP contribution in [0.2, 0.25) is 0 Å². The molecule has 3 heterocycles. The maximum absolute atomic E-state index is 12.1.